The fourth-order valence-electron chi connectivity index (χ4n) is 3.50. The van der Waals surface area contributed by atoms with Crippen molar-refractivity contribution < 1.29 is 31.1 Å². The Labute approximate surface area is 199 Å². The second kappa shape index (κ2) is 10.1. The first kappa shape index (κ1) is 25.6. The number of alkyl halides is 3. The molecule has 0 radical (unpaired) electrons. The normalized spacial score (nSPS) is 17.6. The molecule has 1 atom stereocenters. The van der Waals surface area contributed by atoms with Crippen LogP contribution in [-0.2, 0) is 21.0 Å². The zero-order valence-corrected chi connectivity index (χ0v) is 19.8. The number of halogens is 5. The Bertz CT molecular complexity index is 1140. The molecule has 2 aromatic rings. The second-order valence-electron chi connectivity index (χ2n) is 7.41. The molecule has 1 aliphatic rings. The number of ether oxygens (including phenoxy) is 1. The Balaban J connectivity index is 1.75. The van der Waals surface area contributed by atoms with Crippen molar-refractivity contribution in [2.24, 2.45) is 5.92 Å². The predicted molar refractivity (Wildman–Crippen MR) is 119 cm³/mol. The lowest BCUT2D eigenvalue weighted by molar-refractivity contribution is -0.137. The molecule has 1 saturated heterocycles. The molecule has 1 amide bonds. The van der Waals surface area contributed by atoms with Crippen LogP contribution in [0.1, 0.15) is 25.3 Å². The summed E-state index contributed by atoms with van der Waals surface area (Å²) in [6, 6.07) is 7.19. The molecule has 33 heavy (non-hydrogen) atoms. The van der Waals surface area contributed by atoms with Gasteiger partial charge in [0.1, 0.15) is 5.75 Å². The number of piperidine rings is 1. The molecular weight excluding hydrogens is 504 g/mol. The number of hydrogen-bond donors (Lipinski definition) is 1. The lowest BCUT2D eigenvalue weighted by Crippen LogP contribution is -2.43. The van der Waals surface area contributed by atoms with Gasteiger partial charge in [-0.2, -0.15) is 17.5 Å². The zero-order valence-electron chi connectivity index (χ0n) is 17.5. The van der Waals surface area contributed by atoms with Crippen LogP contribution >= 0.6 is 23.2 Å². The topological polar surface area (TPSA) is 75.7 Å². The standard InChI is InChI=1S/C21H21Cl2F3N2O4S/c1-2-32-19-8-6-15(11-18(19)23)33(30,31)28-9-3-4-13(12-28)20(29)27-14-5-7-17(22)16(10-14)21(24,25)26/h5-8,10-11,13H,2-4,9,12H2,1H3,(H,27,29)/t13-/m0/s1. The number of sulfonamides is 1. The molecule has 3 rings (SSSR count). The highest BCUT2D eigenvalue weighted by Crippen LogP contribution is 2.36. The van der Waals surface area contributed by atoms with E-state index in [0.717, 1.165) is 12.1 Å². The van der Waals surface area contributed by atoms with Crippen LogP contribution in [0.2, 0.25) is 10.0 Å². The highest BCUT2D eigenvalue weighted by molar-refractivity contribution is 7.89. The maximum atomic E-state index is 13.1. The molecule has 1 heterocycles. The summed E-state index contributed by atoms with van der Waals surface area (Å²) in [5.74, 6) is -0.956. The molecule has 12 heteroatoms. The molecule has 180 valence electrons. The smallest absolute Gasteiger partial charge is 0.417 e. The van der Waals surface area contributed by atoms with Gasteiger partial charge in [-0.3, -0.25) is 4.79 Å². The molecule has 1 fully saturated rings. The Morgan fingerprint density at radius 2 is 1.91 bits per heavy atom. The van der Waals surface area contributed by atoms with Crippen LogP contribution < -0.4 is 10.1 Å². The molecule has 0 spiro atoms. The number of carbonyl (C=O) groups is 1. The van der Waals surface area contributed by atoms with E-state index in [2.05, 4.69) is 5.32 Å². The van der Waals surface area contributed by atoms with Crippen molar-refractivity contribution in [2.45, 2.75) is 30.8 Å². The first-order valence-corrected chi connectivity index (χ1v) is 12.2. The van der Waals surface area contributed by atoms with Gasteiger partial charge in [0.05, 0.1) is 33.0 Å². The van der Waals surface area contributed by atoms with Crippen LogP contribution in [0.4, 0.5) is 18.9 Å². The van der Waals surface area contributed by atoms with Crippen molar-refractivity contribution in [1.82, 2.24) is 4.31 Å². The summed E-state index contributed by atoms with van der Waals surface area (Å²) >= 11 is 11.7. The average Bonchev–Trinajstić information content (AvgIpc) is 2.76. The third-order valence-corrected chi connectivity index (χ3v) is 7.62. The molecule has 0 bridgehead atoms. The van der Waals surface area contributed by atoms with Gasteiger partial charge in [-0.15, -0.1) is 0 Å². The van der Waals surface area contributed by atoms with E-state index in [1.54, 1.807) is 6.92 Å². The van der Waals surface area contributed by atoms with Crippen LogP contribution in [0.15, 0.2) is 41.3 Å². The lowest BCUT2D eigenvalue weighted by Gasteiger charge is -2.31. The summed E-state index contributed by atoms with van der Waals surface area (Å²) in [4.78, 5) is 12.7. The quantitative estimate of drug-likeness (QED) is 0.545. The second-order valence-corrected chi connectivity index (χ2v) is 10.2. The lowest BCUT2D eigenvalue weighted by atomic mass is 9.98. The first-order valence-electron chi connectivity index (χ1n) is 10.0. The summed E-state index contributed by atoms with van der Waals surface area (Å²) in [7, 11) is -3.94. The zero-order chi connectivity index (χ0) is 24.4. The molecule has 1 N–H and O–H groups in total. The molecular formula is C21H21Cl2F3N2O4S. The maximum Gasteiger partial charge on any atom is 0.417 e. The molecule has 0 unspecified atom stereocenters. The van der Waals surface area contributed by atoms with Crippen LogP contribution in [0.5, 0.6) is 5.75 Å². The van der Waals surface area contributed by atoms with E-state index >= 15 is 0 Å². The summed E-state index contributed by atoms with van der Waals surface area (Å²) in [6.45, 7) is 2.23. The van der Waals surface area contributed by atoms with Crippen molar-refractivity contribution >= 4 is 44.8 Å². The van der Waals surface area contributed by atoms with Crippen molar-refractivity contribution in [3.8, 4) is 5.75 Å². The minimum atomic E-state index is -4.67. The molecule has 0 aliphatic carbocycles. The van der Waals surface area contributed by atoms with Crippen molar-refractivity contribution in [3.05, 3.63) is 52.0 Å². The molecule has 6 nitrogen and oxygen atoms in total. The number of nitrogens with zero attached hydrogens (tertiary/aromatic N) is 1. The number of nitrogens with one attached hydrogen (secondary N) is 1. The SMILES string of the molecule is CCOc1ccc(S(=O)(=O)N2CCC[C@H](C(=O)Nc3ccc(Cl)c(C(F)(F)F)c3)C2)cc1Cl. The summed E-state index contributed by atoms with van der Waals surface area (Å²) in [5.41, 5.74) is -1.14. The van der Waals surface area contributed by atoms with Crippen LogP contribution in [-0.4, -0.2) is 38.3 Å². The van der Waals surface area contributed by atoms with Crippen LogP contribution in [0, 0.1) is 5.92 Å². The van der Waals surface area contributed by atoms with Gasteiger partial charge < -0.3 is 10.1 Å². The number of benzene rings is 2. The Morgan fingerprint density at radius 1 is 1.18 bits per heavy atom. The number of anilines is 1. The van der Waals surface area contributed by atoms with E-state index in [9.17, 15) is 26.4 Å². The van der Waals surface area contributed by atoms with E-state index in [1.165, 1.54) is 28.6 Å². The van der Waals surface area contributed by atoms with E-state index in [0.29, 0.717) is 25.2 Å². The van der Waals surface area contributed by atoms with E-state index in [4.69, 9.17) is 27.9 Å². The third kappa shape index (κ3) is 5.92. The summed E-state index contributed by atoms with van der Waals surface area (Å²) < 4.78 is 71.9. The van der Waals surface area contributed by atoms with Gasteiger partial charge in [0, 0.05) is 18.8 Å². The van der Waals surface area contributed by atoms with Gasteiger partial charge in [0.15, 0.2) is 0 Å². The van der Waals surface area contributed by atoms with Crippen LogP contribution in [0.3, 0.4) is 0 Å². The van der Waals surface area contributed by atoms with Gasteiger partial charge in [-0.05, 0) is 56.2 Å². The van der Waals surface area contributed by atoms with Gasteiger partial charge in [-0.25, -0.2) is 8.42 Å². The third-order valence-electron chi connectivity index (χ3n) is 5.14. The fourth-order valence-corrected chi connectivity index (χ4v) is 5.58. The summed E-state index contributed by atoms with van der Waals surface area (Å²) in [5, 5.41) is 2.10. The minimum absolute atomic E-state index is 0.0375. The monoisotopic (exact) mass is 524 g/mol. The largest absolute Gasteiger partial charge is 0.492 e. The number of hydrogen-bond acceptors (Lipinski definition) is 4. The number of rotatable bonds is 6. The highest BCUT2D eigenvalue weighted by atomic mass is 35.5. The van der Waals surface area contributed by atoms with Crippen molar-refractivity contribution in [3.63, 3.8) is 0 Å². The Morgan fingerprint density at radius 3 is 2.55 bits per heavy atom. The predicted octanol–water partition coefficient (Wildman–Crippen LogP) is 5.45. The van der Waals surface area contributed by atoms with E-state index in [-0.39, 0.29) is 28.7 Å². The molecule has 2 aromatic carbocycles. The van der Waals surface area contributed by atoms with Gasteiger partial charge >= 0.3 is 6.18 Å². The minimum Gasteiger partial charge on any atom is -0.492 e. The molecule has 0 aromatic heterocycles. The number of amides is 1. The fraction of sp³-hybridized carbons (Fsp3) is 0.381. The van der Waals surface area contributed by atoms with Crippen molar-refractivity contribution in [1.29, 1.82) is 0 Å². The van der Waals surface area contributed by atoms with E-state index < -0.39 is 38.6 Å². The van der Waals surface area contributed by atoms with Crippen molar-refractivity contribution in [2.75, 3.05) is 25.0 Å². The van der Waals surface area contributed by atoms with Crippen LogP contribution in [0.25, 0.3) is 0 Å². The van der Waals surface area contributed by atoms with E-state index in [1.807, 2.05) is 0 Å². The number of carbonyl (C=O) groups excluding carboxylic acids is 1. The van der Waals surface area contributed by atoms with Gasteiger partial charge in [0.2, 0.25) is 15.9 Å². The van der Waals surface area contributed by atoms with Gasteiger partial charge in [-0.1, -0.05) is 23.2 Å². The Hall–Kier alpha value is -2.01. The Kier molecular flexibility index (Phi) is 7.83. The maximum absolute atomic E-state index is 13.1. The van der Waals surface area contributed by atoms with Gasteiger partial charge in [0.25, 0.3) is 0 Å². The average molecular weight is 525 g/mol. The first-order chi connectivity index (χ1) is 15.4. The molecule has 0 saturated carbocycles. The molecule has 1 aliphatic heterocycles. The summed E-state index contributed by atoms with van der Waals surface area (Å²) in [6.07, 6.45) is -3.87. The highest BCUT2D eigenvalue weighted by Gasteiger charge is 2.35.